The van der Waals surface area contributed by atoms with E-state index in [0.717, 1.165) is 26.7 Å². The maximum atomic E-state index is 13.3. The summed E-state index contributed by atoms with van der Waals surface area (Å²) in [6.07, 6.45) is 0.448. The maximum absolute atomic E-state index is 13.3. The molecule has 0 aliphatic carbocycles. The van der Waals surface area contributed by atoms with Crippen LogP contribution in [0.1, 0.15) is 29.5 Å². The van der Waals surface area contributed by atoms with Crippen molar-refractivity contribution in [1.29, 1.82) is 0 Å². The monoisotopic (exact) mass is 437 g/mol. The van der Waals surface area contributed by atoms with Gasteiger partial charge in [0, 0.05) is 6.42 Å². The fourth-order valence-electron chi connectivity index (χ4n) is 3.16. The van der Waals surface area contributed by atoms with Crippen LogP contribution in [0.4, 0.5) is 5.69 Å². The molecule has 0 saturated heterocycles. The molecule has 0 unspecified atom stereocenters. The molecule has 3 aromatic rings. The molecule has 5 nitrogen and oxygen atoms in total. The van der Waals surface area contributed by atoms with E-state index in [2.05, 4.69) is 0 Å². The van der Waals surface area contributed by atoms with Gasteiger partial charge in [0.15, 0.2) is 0 Å². The first-order valence-electron chi connectivity index (χ1n) is 10.2. The molecular formula is C25H27NO4S. The zero-order valence-electron chi connectivity index (χ0n) is 18.0. The normalized spacial score (nSPS) is 11.2. The van der Waals surface area contributed by atoms with Gasteiger partial charge in [-0.25, -0.2) is 12.7 Å². The maximum Gasteiger partial charge on any atom is 0.270 e. The summed E-state index contributed by atoms with van der Waals surface area (Å²) < 4.78 is 33.3. The standard InChI is InChI=1S/C25H27NO4S/c1-19-12-15-22(16-13-19)26(31(28,29)23-8-5-4-6-9-23)25(27)10-7-17-30-24-18-20(2)11-14-21(24)3/h4-6,8-9,11-16,18H,7,10,17H2,1-3H3. The quantitative estimate of drug-likeness (QED) is 0.455. The summed E-state index contributed by atoms with van der Waals surface area (Å²) in [4.78, 5) is 13.2. The number of carbonyl (C=O) groups excluding carboxylic acids is 1. The molecule has 0 fully saturated rings. The van der Waals surface area contributed by atoms with Gasteiger partial charge in [-0.1, -0.05) is 48.0 Å². The number of anilines is 1. The Kier molecular flexibility index (Phi) is 7.13. The molecule has 0 spiro atoms. The molecule has 0 heterocycles. The predicted molar refractivity (Wildman–Crippen MR) is 123 cm³/mol. The van der Waals surface area contributed by atoms with Gasteiger partial charge in [-0.2, -0.15) is 0 Å². The first-order chi connectivity index (χ1) is 14.8. The molecule has 3 rings (SSSR count). The average molecular weight is 438 g/mol. The first-order valence-corrected chi connectivity index (χ1v) is 11.6. The minimum Gasteiger partial charge on any atom is -0.493 e. The third kappa shape index (κ3) is 5.52. The number of hydrogen-bond acceptors (Lipinski definition) is 4. The predicted octanol–water partition coefficient (Wildman–Crippen LogP) is 5.19. The Morgan fingerprint density at radius 1 is 0.871 bits per heavy atom. The van der Waals surface area contributed by atoms with Gasteiger partial charge in [-0.3, -0.25) is 4.79 Å². The zero-order valence-corrected chi connectivity index (χ0v) is 18.9. The van der Waals surface area contributed by atoms with E-state index in [0.29, 0.717) is 18.7 Å². The van der Waals surface area contributed by atoms with Crippen LogP contribution in [-0.4, -0.2) is 20.9 Å². The molecule has 0 aromatic heterocycles. The lowest BCUT2D eigenvalue weighted by Gasteiger charge is -2.23. The van der Waals surface area contributed by atoms with Crippen LogP contribution < -0.4 is 9.04 Å². The molecule has 0 N–H and O–H groups in total. The first kappa shape index (κ1) is 22.6. The largest absolute Gasteiger partial charge is 0.493 e. The topological polar surface area (TPSA) is 63.7 Å². The van der Waals surface area contributed by atoms with E-state index in [4.69, 9.17) is 4.74 Å². The lowest BCUT2D eigenvalue weighted by atomic mass is 10.1. The van der Waals surface area contributed by atoms with Crippen LogP contribution in [0.5, 0.6) is 5.75 Å². The summed E-state index contributed by atoms with van der Waals surface area (Å²) in [6, 6.07) is 20.9. The van der Waals surface area contributed by atoms with Crippen molar-refractivity contribution in [3.05, 3.63) is 89.5 Å². The van der Waals surface area contributed by atoms with Gasteiger partial charge >= 0.3 is 0 Å². The molecular weight excluding hydrogens is 410 g/mol. The molecule has 0 aliphatic heterocycles. The van der Waals surface area contributed by atoms with Gasteiger partial charge in [-0.05, 0) is 68.7 Å². The van der Waals surface area contributed by atoms with E-state index in [1.165, 1.54) is 12.1 Å². The van der Waals surface area contributed by atoms with Crippen molar-refractivity contribution in [2.75, 3.05) is 10.9 Å². The molecule has 0 aliphatic rings. The SMILES string of the molecule is Cc1ccc(N(C(=O)CCCOc2cc(C)ccc2C)S(=O)(=O)c2ccccc2)cc1. The molecule has 0 radical (unpaired) electrons. The molecule has 3 aromatic carbocycles. The summed E-state index contributed by atoms with van der Waals surface area (Å²) in [5.41, 5.74) is 3.42. The van der Waals surface area contributed by atoms with Gasteiger partial charge < -0.3 is 4.74 Å². The molecule has 0 atom stereocenters. The highest BCUT2D eigenvalue weighted by molar-refractivity contribution is 7.93. The molecule has 0 bridgehead atoms. The van der Waals surface area contributed by atoms with E-state index in [-0.39, 0.29) is 11.3 Å². The zero-order chi connectivity index (χ0) is 22.4. The van der Waals surface area contributed by atoms with Crippen LogP contribution in [0.25, 0.3) is 0 Å². The molecule has 162 valence electrons. The minimum absolute atomic E-state index is 0.0464. The number of amides is 1. The highest BCUT2D eigenvalue weighted by Gasteiger charge is 2.30. The van der Waals surface area contributed by atoms with Crippen LogP contribution in [0.3, 0.4) is 0 Å². The van der Waals surface area contributed by atoms with Crippen molar-refractivity contribution in [1.82, 2.24) is 0 Å². The fourth-order valence-corrected chi connectivity index (χ4v) is 4.64. The van der Waals surface area contributed by atoms with E-state index < -0.39 is 15.9 Å². The summed E-state index contributed by atoms with van der Waals surface area (Å²) in [5, 5.41) is 0. The van der Waals surface area contributed by atoms with Crippen molar-refractivity contribution in [3.63, 3.8) is 0 Å². The number of sulfonamides is 1. The van der Waals surface area contributed by atoms with E-state index in [1.54, 1.807) is 42.5 Å². The van der Waals surface area contributed by atoms with Gasteiger partial charge in [0.2, 0.25) is 5.91 Å². The van der Waals surface area contributed by atoms with Crippen LogP contribution >= 0.6 is 0 Å². The Morgan fingerprint density at radius 2 is 1.52 bits per heavy atom. The van der Waals surface area contributed by atoms with Crippen LogP contribution in [0, 0.1) is 20.8 Å². The summed E-state index contributed by atoms with van der Waals surface area (Å²) in [5.74, 6) is 0.289. The molecule has 6 heteroatoms. The second kappa shape index (κ2) is 9.79. The van der Waals surface area contributed by atoms with Crippen molar-refractivity contribution in [2.45, 2.75) is 38.5 Å². The number of benzene rings is 3. The number of nitrogens with zero attached hydrogens (tertiary/aromatic N) is 1. The van der Waals surface area contributed by atoms with E-state index in [1.807, 2.05) is 39.0 Å². The smallest absolute Gasteiger partial charge is 0.270 e. The number of ether oxygens (including phenoxy) is 1. The highest BCUT2D eigenvalue weighted by Crippen LogP contribution is 2.26. The Morgan fingerprint density at radius 3 is 2.19 bits per heavy atom. The number of rotatable bonds is 8. The van der Waals surface area contributed by atoms with Gasteiger partial charge in [0.25, 0.3) is 10.0 Å². The second-order valence-electron chi connectivity index (χ2n) is 7.53. The summed E-state index contributed by atoms with van der Waals surface area (Å²) in [7, 11) is -4.02. The van der Waals surface area contributed by atoms with Crippen molar-refractivity contribution in [2.24, 2.45) is 0 Å². The fraction of sp³-hybridized carbons (Fsp3) is 0.240. The van der Waals surface area contributed by atoms with Crippen molar-refractivity contribution >= 4 is 21.6 Å². The Balaban J connectivity index is 1.77. The number of aryl methyl sites for hydroxylation is 3. The minimum atomic E-state index is -4.02. The van der Waals surface area contributed by atoms with E-state index >= 15 is 0 Å². The molecule has 1 amide bonds. The van der Waals surface area contributed by atoms with Crippen LogP contribution in [-0.2, 0) is 14.8 Å². The van der Waals surface area contributed by atoms with Crippen LogP contribution in [0.2, 0.25) is 0 Å². The summed E-state index contributed by atoms with van der Waals surface area (Å²) >= 11 is 0. The van der Waals surface area contributed by atoms with Gasteiger partial charge in [0.05, 0.1) is 17.2 Å². The molecule has 0 saturated carbocycles. The Hall–Kier alpha value is -3.12. The van der Waals surface area contributed by atoms with Crippen molar-refractivity contribution < 1.29 is 17.9 Å². The van der Waals surface area contributed by atoms with Gasteiger partial charge in [0.1, 0.15) is 5.75 Å². The third-order valence-electron chi connectivity index (χ3n) is 4.91. The summed E-state index contributed by atoms with van der Waals surface area (Å²) in [6.45, 7) is 6.19. The lowest BCUT2D eigenvalue weighted by molar-refractivity contribution is -0.117. The van der Waals surface area contributed by atoms with Crippen LogP contribution in [0.15, 0.2) is 77.7 Å². The van der Waals surface area contributed by atoms with E-state index in [9.17, 15) is 13.2 Å². The molecule has 31 heavy (non-hydrogen) atoms. The average Bonchev–Trinajstić information content (AvgIpc) is 2.75. The Labute approximate surface area is 184 Å². The highest BCUT2D eigenvalue weighted by atomic mass is 32.2. The number of hydrogen-bond donors (Lipinski definition) is 0. The Bertz CT molecular complexity index is 1140. The van der Waals surface area contributed by atoms with Crippen molar-refractivity contribution in [3.8, 4) is 5.75 Å². The van der Waals surface area contributed by atoms with Gasteiger partial charge in [-0.15, -0.1) is 0 Å². The third-order valence-corrected chi connectivity index (χ3v) is 6.68. The lowest BCUT2D eigenvalue weighted by Crippen LogP contribution is -2.37. The number of carbonyl (C=O) groups is 1. The second-order valence-corrected chi connectivity index (χ2v) is 9.32.